The minimum Gasteiger partial charge on any atom is -0.479 e. The molecule has 1 aliphatic heterocycles. The van der Waals surface area contributed by atoms with Gasteiger partial charge in [0.2, 0.25) is 5.89 Å². The van der Waals surface area contributed by atoms with Crippen molar-refractivity contribution in [2.45, 2.75) is 51.7 Å². The van der Waals surface area contributed by atoms with Gasteiger partial charge in [0.15, 0.2) is 6.10 Å². The third-order valence-electron chi connectivity index (χ3n) is 3.39. The second-order valence-electron chi connectivity index (χ2n) is 5.39. The standard InChI is InChI=1S/C13H21N3O4/c1-8(2)11-14-13(15-20-11)16-6-4-10(5-7-16)19-9(3)12(17)18/h8-10H,4-7H2,1-3H3,(H,17,18). The van der Waals surface area contributed by atoms with Gasteiger partial charge in [-0.3, -0.25) is 0 Å². The average molecular weight is 283 g/mol. The third-order valence-corrected chi connectivity index (χ3v) is 3.39. The zero-order chi connectivity index (χ0) is 14.7. The van der Waals surface area contributed by atoms with Crippen LogP contribution in [0.15, 0.2) is 4.52 Å². The number of carboxylic acids is 1. The molecule has 0 radical (unpaired) electrons. The summed E-state index contributed by atoms with van der Waals surface area (Å²) in [4.78, 5) is 17.2. The number of aliphatic carboxylic acids is 1. The number of piperidine rings is 1. The highest BCUT2D eigenvalue weighted by Crippen LogP contribution is 2.21. The lowest BCUT2D eigenvalue weighted by atomic mass is 10.1. The highest BCUT2D eigenvalue weighted by molar-refractivity contribution is 5.71. The van der Waals surface area contributed by atoms with E-state index in [1.54, 1.807) is 6.92 Å². The molecule has 1 aliphatic rings. The molecule has 112 valence electrons. The van der Waals surface area contributed by atoms with E-state index in [0.29, 0.717) is 11.8 Å². The minimum atomic E-state index is -0.924. The van der Waals surface area contributed by atoms with Gasteiger partial charge in [-0.25, -0.2) is 4.79 Å². The van der Waals surface area contributed by atoms with Gasteiger partial charge in [-0.05, 0) is 24.9 Å². The highest BCUT2D eigenvalue weighted by atomic mass is 16.5. The lowest BCUT2D eigenvalue weighted by Gasteiger charge is -2.31. The maximum Gasteiger partial charge on any atom is 0.332 e. The van der Waals surface area contributed by atoms with Gasteiger partial charge >= 0.3 is 5.97 Å². The zero-order valence-corrected chi connectivity index (χ0v) is 12.1. The van der Waals surface area contributed by atoms with E-state index in [1.807, 2.05) is 18.7 Å². The van der Waals surface area contributed by atoms with E-state index in [-0.39, 0.29) is 12.0 Å². The second-order valence-corrected chi connectivity index (χ2v) is 5.39. The van der Waals surface area contributed by atoms with Crippen LogP contribution in [-0.2, 0) is 9.53 Å². The summed E-state index contributed by atoms with van der Waals surface area (Å²) in [5.74, 6) is 0.539. The normalized spacial score (nSPS) is 18.5. The Hall–Kier alpha value is -1.63. The first-order valence-corrected chi connectivity index (χ1v) is 6.94. The first kappa shape index (κ1) is 14.8. The largest absolute Gasteiger partial charge is 0.479 e. The monoisotopic (exact) mass is 283 g/mol. The summed E-state index contributed by atoms with van der Waals surface area (Å²) in [7, 11) is 0. The Labute approximate surface area is 117 Å². The van der Waals surface area contributed by atoms with Crippen LogP contribution in [-0.4, -0.2) is 46.5 Å². The maximum absolute atomic E-state index is 10.8. The van der Waals surface area contributed by atoms with Crippen molar-refractivity contribution in [3.63, 3.8) is 0 Å². The van der Waals surface area contributed by atoms with Crippen molar-refractivity contribution in [3.05, 3.63) is 5.89 Å². The summed E-state index contributed by atoms with van der Waals surface area (Å²) in [6, 6.07) is 0. The molecule has 20 heavy (non-hydrogen) atoms. The summed E-state index contributed by atoms with van der Waals surface area (Å²) in [6.07, 6.45) is 0.755. The van der Waals surface area contributed by atoms with Gasteiger partial charge in [0.05, 0.1) is 6.10 Å². The minimum absolute atomic E-state index is 0.0196. The summed E-state index contributed by atoms with van der Waals surface area (Å²) in [5.41, 5.74) is 0. The van der Waals surface area contributed by atoms with Crippen LogP contribution in [0.5, 0.6) is 0 Å². The summed E-state index contributed by atoms with van der Waals surface area (Å²) in [5, 5.41) is 12.8. The Morgan fingerprint density at radius 3 is 2.55 bits per heavy atom. The Balaban J connectivity index is 1.86. The Kier molecular flexibility index (Phi) is 4.59. The van der Waals surface area contributed by atoms with Crippen molar-refractivity contribution in [2.75, 3.05) is 18.0 Å². The molecule has 1 aromatic heterocycles. The molecule has 0 saturated carbocycles. The Morgan fingerprint density at radius 1 is 1.40 bits per heavy atom. The molecular weight excluding hydrogens is 262 g/mol. The van der Waals surface area contributed by atoms with E-state index in [2.05, 4.69) is 10.1 Å². The van der Waals surface area contributed by atoms with Crippen molar-refractivity contribution < 1.29 is 19.2 Å². The average Bonchev–Trinajstić information content (AvgIpc) is 2.89. The third kappa shape index (κ3) is 3.47. The topological polar surface area (TPSA) is 88.7 Å². The van der Waals surface area contributed by atoms with Crippen LogP contribution < -0.4 is 4.90 Å². The van der Waals surface area contributed by atoms with E-state index in [0.717, 1.165) is 25.9 Å². The summed E-state index contributed by atoms with van der Waals surface area (Å²) >= 11 is 0. The van der Waals surface area contributed by atoms with Crippen molar-refractivity contribution >= 4 is 11.9 Å². The van der Waals surface area contributed by atoms with Crippen molar-refractivity contribution in [2.24, 2.45) is 0 Å². The van der Waals surface area contributed by atoms with Gasteiger partial charge in [0.1, 0.15) is 0 Å². The van der Waals surface area contributed by atoms with Crippen molar-refractivity contribution in [3.8, 4) is 0 Å². The number of nitrogens with zero attached hydrogens (tertiary/aromatic N) is 3. The van der Waals surface area contributed by atoms with Crippen LogP contribution >= 0.6 is 0 Å². The molecule has 2 heterocycles. The molecule has 0 aliphatic carbocycles. The molecule has 1 atom stereocenters. The number of anilines is 1. The second kappa shape index (κ2) is 6.21. The lowest BCUT2D eigenvalue weighted by molar-refractivity contribution is -0.153. The molecule has 0 aromatic carbocycles. The molecule has 2 rings (SSSR count). The number of aromatic nitrogens is 2. The first-order valence-electron chi connectivity index (χ1n) is 6.94. The smallest absolute Gasteiger partial charge is 0.332 e. The number of carbonyl (C=O) groups is 1. The number of ether oxygens (including phenoxy) is 1. The van der Waals surface area contributed by atoms with Gasteiger partial charge in [-0.1, -0.05) is 13.8 Å². The van der Waals surface area contributed by atoms with Crippen LogP contribution in [0, 0.1) is 0 Å². The lowest BCUT2D eigenvalue weighted by Crippen LogP contribution is -2.39. The van der Waals surface area contributed by atoms with Crippen LogP contribution in [0.4, 0.5) is 5.95 Å². The zero-order valence-electron chi connectivity index (χ0n) is 12.1. The molecule has 1 N–H and O–H groups in total. The number of hydrogen-bond donors (Lipinski definition) is 1. The predicted molar refractivity (Wildman–Crippen MR) is 71.8 cm³/mol. The molecule has 1 saturated heterocycles. The van der Waals surface area contributed by atoms with Gasteiger partial charge < -0.3 is 19.3 Å². The molecule has 1 fully saturated rings. The van der Waals surface area contributed by atoms with E-state index in [4.69, 9.17) is 14.4 Å². The van der Waals surface area contributed by atoms with Crippen molar-refractivity contribution in [1.82, 2.24) is 10.1 Å². The van der Waals surface area contributed by atoms with Crippen LogP contribution in [0.2, 0.25) is 0 Å². The molecule has 0 bridgehead atoms. The molecule has 7 nitrogen and oxygen atoms in total. The Morgan fingerprint density at radius 2 is 2.05 bits per heavy atom. The van der Waals surface area contributed by atoms with Gasteiger partial charge in [-0.2, -0.15) is 4.98 Å². The fourth-order valence-corrected chi connectivity index (χ4v) is 2.13. The fraction of sp³-hybridized carbons (Fsp3) is 0.769. The van der Waals surface area contributed by atoms with E-state index >= 15 is 0 Å². The quantitative estimate of drug-likeness (QED) is 0.878. The molecule has 0 amide bonds. The molecule has 0 spiro atoms. The maximum atomic E-state index is 10.8. The molecule has 1 unspecified atom stereocenters. The Bertz CT molecular complexity index is 452. The predicted octanol–water partition coefficient (Wildman–Crippen LogP) is 1.65. The van der Waals surface area contributed by atoms with Crippen LogP contribution in [0.3, 0.4) is 0 Å². The van der Waals surface area contributed by atoms with Gasteiger partial charge in [-0.15, -0.1) is 0 Å². The number of carboxylic acid groups (broad SMARTS) is 1. The SMILES string of the molecule is CC(OC1CCN(c2noc(C(C)C)n2)CC1)C(=O)O. The fourth-order valence-electron chi connectivity index (χ4n) is 2.13. The molecule has 7 heteroatoms. The van der Waals surface area contributed by atoms with Crippen molar-refractivity contribution in [1.29, 1.82) is 0 Å². The summed E-state index contributed by atoms with van der Waals surface area (Å²) in [6.45, 7) is 7.06. The number of rotatable bonds is 5. The van der Waals surface area contributed by atoms with E-state index in [9.17, 15) is 4.79 Å². The van der Waals surface area contributed by atoms with Gasteiger partial charge in [0.25, 0.3) is 5.95 Å². The number of hydrogen-bond acceptors (Lipinski definition) is 6. The highest BCUT2D eigenvalue weighted by Gasteiger charge is 2.26. The molecule has 1 aromatic rings. The molecular formula is C13H21N3O4. The van der Waals surface area contributed by atoms with Crippen LogP contribution in [0.25, 0.3) is 0 Å². The van der Waals surface area contributed by atoms with E-state index < -0.39 is 12.1 Å². The van der Waals surface area contributed by atoms with E-state index in [1.165, 1.54) is 0 Å². The first-order chi connectivity index (χ1) is 9.47. The summed E-state index contributed by atoms with van der Waals surface area (Å²) < 4.78 is 10.7. The van der Waals surface area contributed by atoms with Gasteiger partial charge in [0, 0.05) is 19.0 Å². The van der Waals surface area contributed by atoms with Crippen LogP contribution in [0.1, 0.15) is 45.4 Å².